The van der Waals surface area contributed by atoms with Gasteiger partial charge in [-0.3, -0.25) is 14.4 Å². The average Bonchev–Trinajstić information content (AvgIpc) is 3.55. The van der Waals surface area contributed by atoms with E-state index in [0.717, 1.165) is 30.3 Å². The van der Waals surface area contributed by atoms with Gasteiger partial charge in [-0.15, -0.1) is 0 Å². The van der Waals surface area contributed by atoms with Crippen LogP contribution in [0.15, 0.2) is 60.8 Å². The quantitative estimate of drug-likeness (QED) is 0.557. The number of hydrogen-bond donors (Lipinski definition) is 2. The molecule has 2 fully saturated rings. The van der Waals surface area contributed by atoms with Gasteiger partial charge in [-0.25, -0.2) is 0 Å². The van der Waals surface area contributed by atoms with Gasteiger partial charge >= 0.3 is 0 Å². The summed E-state index contributed by atoms with van der Waals surface area (Å²) >= 11 is 0. The third kappa shape index (κ3) is 4.71. The molecule has 3 heterocycles. The molecule has 5 rings (SSSR count). The Morgan fingerprint density at radius 3 is 2.43 bits per heavy atom. The molecule has 35 heavy (non-hydrogen) atoms. The van der Waals surface area contributed by atoms with E-state index in [1.807, 2.05) is 11.0 Å². The number of primary amides is 1. The minimum absolute atomic E-state index is 0.0624. The van der Waals surface area contributed by atoms with E-state index in [9.17, 15) is 14.4 Å². The molecule has 180 valence electrons. The summed E-state index contributed by atoms with van der Waals surface area (Å²) in [4.78, 5) is 44.5. The molecule has 0 spiro atoms. The van der Waals surface area contributed by atoms with Gasteiger partial charge in [-0.1, -0.05) is 30.3 Å². The normalized spacial score (nSPS) is 19.0. The second kappa shape index (κ2) is 9.78. The van der Waals surface area contributed by atoms with E-state index >= 15 is 0 Å². The number of carbonyl (C=O) groups is 3. The molecule has 1 unspecified atom stereocenters. The van der Waals surface area contributed by atoms with Crippen LogP contribution in [0.5, 0.6) is 0 Å². The maximum Gasteiger partial charge on any atom is 0.248 e. The van der Waals surface area contributed by atoms with Crippen molar-refractivity contribution in [1.82, 2.24) is 14.8 Å². The highest BCUT2D eigenvalue weighted by molar-refractivity contribution is 5.96. The lowest BCUT2D eigenvalue weighted by molar-refractivity contribution is -0.142. The Labute approximate surface area is 204 Å². The largest absolute Gasteiger partial charge is 0.366 e. The Kier molecular flexibility index (Phi) is 6.40. The SMILES string of the molecule is NC(=O)c1ccc(/C=C/C(=O)N2CCCC2C(=O)N2CCC(c3c[nH]c4ccccc34)CC2)cc1. The van der Waals surface area contributed by atoms with E-state index in [4.69, 9.17) is 5.73 Å². The number of aromatic amines is 1. The van der Waals surface area contributed by atoms with Crippen LogP contribution < -0.4 is 5.73 Å². The van der Waals surface area contributed by atoms with Gasteiger partial charge in [0.25, 0.3) is 0 Å². The summed E-state index contributed by atoms with van der Waals surface area (Å²) < 4.78 is 0. The number of hydrogen-bond acceptors (Lipinski definition) is 3. The molecule has 2 aliphatic rings. The maximum absolute atomic E-state index is 13.4. The third-order valence-electron chi connectivity index (χ3n) is 7.30. The van der Waals surface area contributed by atoms with Crippen molar-refractivity contribution < 1.29 is 14.4 Å². The molecule has 0 saturated carbocycles. The molecule has 0 bridgehead atoms. The van der Waals surface area contributed by atoms with Crippen molar-refractivity contribution >= 4 is 34.7 Å². The summed E-state index contributed by atoms with van der Waals surface area (Å²) in [5.74, 6) is -0.151. The van der Waals surface area contributed by atoms with E-state index in [1.54, 1.807) is 35.2 Å². The topological polar surface area (TPSA) is 99.5 Å². The number of rotatable bonds is 5. The number of piperidine rings is 1. The van der Waals surface area contributed by atoms with E-state index in [0.29, 0.717) is 37.5 Å². The van der Waals surface area contributed by atoms with Crippen LogP contribution in [0.25, 0.3) is 17.0 Å². The number of fused-ring (bicyclic) bond motifs is 1. The first-order valence-corrected chi connectivity index (χ1v) is 12.2. The van der Waals surface area contributed by atoms with Crippen molar-refractivity contribution in [2.24, 2.45) is 5.73 Å². The van der Waals surface area contributed by atoms with Crippen LogP contribution in [0.2, 0.25) is 0 Å². The number of amides is 3. The monoisotopic (exact) mass is 470 g/mol. The second-order valence-electron chi connectivity index (χ2n) is 9.40. The van der Waals surface area contributed by atoms with E-state index in [-0.39, 0.29) is 11.8 Å². The Morgan fingerprint density at radius 1 is 0.943 bits per heavy atom. The first kappa shape index (κ1) is 22.9. The van der Waals surface area contributed by atoms with Crippen LogP contribution >= 0.6 is 0 Å². The molecule has 1 atom stereocenters. The highest BCUT2D eigenvalue weighted by Gasteiger charge is 2.37. The number of aromatic nitrogens is 1. The summed E-state index contributed by atoms with van der Waals surface area (Å²) in [5.41, 5.74) is 8.98. The Balaban J connectivity index is 1.20. The number of para-hydroxylation sites is 1. The van der Waals surface area contributed by atoms with Gasteiger partial charge in [0.15, 0.2) is 0 Å². The first-order chi connectivity index (χ1) is 17.0. The van der Waals surface area contributed by atoms with Crippen LogP contribution in [0.1, 0.15) is 53.1 Å². The summed E-state index contributed by atoms with van der Waals surface area (Å²) in [7, 11) is 0. The van der Waals surface area contributed by atoms with Gasteiger partial charge in [0, 0.05) is 48.4 Å². The fourth-order valence-corrected chi connectivity index (χ4v) is 5.36. The van der Waals surface area contributed by atoms with Crippen molar-refractivity contribution in [3.05, 3.63) is 77.5 Å². The Bertz CT molecular complexity index is 1270. The summed E-state index contributed by atoms with van der Waals surface area (Å²) in [6.45, 7) is 2.01. The third-order valence-corrected chi connectivity index (χ3v) is 7.30. The smallest absolute Gasteiger partial charge is 0.248 e. The summed E-state index contributed by atoms with van der Waals surface area (Å²) in [6.07, 6.45) is 8.71. The Morgan fingerprint density at radius 2 is 1.69 bits per heavy atom. The van der Waals surface area contributed by atoms with Crippen LogP contribution in [0.3, 0.4) is 0 Å². The molecule has 3 amide bonds. The van der Waals surface area contributed by atoms with Gasteiger partial charge in [0.1, 0.15) is 6.04 Å². The van der Waals surface area contributed by atoms with Gasteiger partial charge in [0.05, 0.1) is 0 Å². The molecular formula is C28H30N4O3. The average molecular weight is 471 g/mol. The standard InChI is InChI=1S/C28H30N4O3/c29-27(34)21-10-7-19(8-11-21)9-12-26(33)32-15-3-6-25(32)28(35)31-16-13-20(14-17-31)23-18-30-24-5-2-1-4-22(23)24/h1-2,4-5,7-12,18,20,25,30H,3,6,13-17H2,(H2,29,34)/b12-9+. The molecule has 0 aliphatic carbocycles. The lowest BCUT2D eigenvalue weighted by Crippen LogP contribution is -2.49. The summed E-state index contributed by atoms with van der Waals surface area (Å²) in [6, 6.07) is 14.7. The highest BCUT2D eigenvalue weighted by atomic mass is 16.2. The fourth-order valence-electron chi connectivity index (χ4n) is 5.36. The zero-order valence-electron chi connectivity index (χ0n) is 19.7. The molecule has 2 aliphatic heterocycles. The minimum atomic E-state index is -0.486. The van der Waals surface area contributed by atoms with Crippen molar-refractivity contribution in [2.75, 3.05) is 19.6 Å². The lowest BCUT2D eigenvalue weighted by atomic mass is 9.89. The van der Waals surface area contributed by atoms with Gasteiger partial charge in [0.2, 0.25) is 17.7 Å². The van der Waals surface area contributed by atoms with Crippen molar-refractivity contribution in [2.45, 2.75) is 37.6 Å². The van der Waals surface area contributed by atoms with Crippen molar-refractivity contribution in [3.8, 4) is 0 Å². The molecule has 1 aromatic heterocycles. The zero-order chi connectivity index (χ0) is 24.4. The molecule has 7 heteroatoms. The number of benzene rings is 2. The number of likely N-dealkylation sites (tertiary alicyclic amines) is 2. The van der Waals surface area contributed by atoms with Crippen LogP contribution in [-0.2, 0) is 9.59 Å². The lowest BCUT2D eigenvalue weighted by Gasteiger charge is -2.35. The highest BCUT2D eigenvalue weighted by Crippen LogP contribution is 2.34. The fraction of sp³-hybridized carbons (Fsp3) is 0.321. The molecule has 7 nitrogen and oxygen atoms in total. The molecule has 2 saturated heterocycles. The second-order valence-corrected chi connectivity index (χ2v) is 9.40. The molecule has 0 radical (unpaired) electrons. The van der Waals surface area contributed by atoms with Crippen LogP contribution in [0, 0.1) is 0 Å². The molecular weight excluding hydrogens is 440 g/mol. The van der Waals surface area contributed by atoms with Crippen LogP contribution in [-0.4, -0.2) is 58.2 Å². The predicted molar refractivity (Wildman–Crippen MR) is 136 cm³/mol. The van der Waals surface area contributed by atoms with Gasteiger partial charge < -0.3 is 20.5 Å². The number of nitrogens with zero attached hydrogens (tertiary/aromatic N) is 2. The van der Waals surface area contributed by atoms with E-state index in [2.05, 4.69) is 29.4 Å². The minimum Gasteiger partial charge on any atom is -0.366 e. The van der Waals surface area contributed by atoms with E-state index < -0.39 is 11.9 Å². The van der Waals surface area contributed by atoms with E-state index in [1.165, 1.54) is 17.0 Å². The maximum atomic E-state index is 13.4. The number of nitrogens with two attached hydrogens (primary N) is 1. The number of carbonyl (C=O) groups excluding carboxylic acids is 3. The molecule has 2 aromatic carbocycles. The van der Waals surface area contributed by atoms with Crippen molar-refractivity contribution in [1.29, 1.82) is 0 Å². The van der Waals surface area contributed by atoms with Gasteiger partial charge in [-0.2, -0.15) is 0 Å². The first-order valence-electron chi connectivity index (χ1n) is 12.2. The predicted octanol–water partition coefficient (Wildman–Crippen LogP) is 3.68. The number of H-pyrrole nitrogens is 1. The van der Waals surface area contributed by atoms with Crippen LogP contribution in [0.4, 0.5) is 0 Å². The zero-order valence-corrected chi connectivity index (χ0v) is 19.7. The Hall–Kier alpha value is -3.87. The van der Waals surface area contributed by atoms with Gasteiger partial charge in [-0.05, 0) is 67.0 Å². The summed E-state index contributed by atoms with van der Waals surface area (Å²) in [5, 5.41) is 1.26. The number of nitrogens with one attached hydrogen (secondary N) is 1. The molecule has 3 aromatic rings. The van der Waals surface area contributed by atoms with Crippen molar-refractivity contribution in [3.63, 3.8) is 0 Å². The molecule has 3 N–H and O–H groups in total.